The molecule has 0 radical (unpaired) electrons. The average molecular weight is 453 g/mol. The Labute approximate surface area is 184 Å². The van der Waals surface area contributed by atoms with E-state index in [2.05, 4.69) is 0 Å². The highest BCUT2D eigenvalue weighted by Gasteiger charge is 2.44. The summed E-state index contributed by atoms with van der Waals surface area (Å²) in [5.41, 5.74) is 2.02. The average Bonchev–Trinajstić information content (AvgIpc) is 3.58. The Morgan fingerprint density at radius 1 is 1.07 bits per heavy atom. The molecule has 0 amide bonds. The summed E-state index contributed by atoms with van der Waals surface area (Å²) in [6, 6.07) is 13.2. The number of epoxide rings is 1. The molecule has 3 N–H and O–H groups in total. The Hall–Kier alpha value is -1.32. The summed E-state index contributed by atoms with van der Waals surface area (Å²) >= 11 is 7.71. The van der Waals surface area contributed by atoms with Crippen molar-refractivity contribution in [3.8, 4) is 5.75 Å². The monoisotopic (exact) mass is 452 g/mol. The Bertz CT molecular complexity index is 857. The van der Waals surface area contributed by atoms with Crippen LogP contribution in [0.4, 0.5) is 0 Å². The molecule has 162 valence electrons. The molecule has 8 heteroatoms. The van der Waals surface area contributed by atoms with E-state index >= 15 is 0 Å². The van der Waals surface area contributed by atoms with Crippen LogP contribution in [0.3, 0.4) is 0 Å². The summed E-state index contributed by atoms with van der Waals surface area (Å²) in [7, 11) is 0. The van der Waals surface area contributed by atoms with Gasteiger partial charge in [-0.05, 0) is 47.6 Å². The van der Waals surface area contributed by atoms with Crippen molar-refractivity contribution in [1.82, 2.24) is 0 Å². The zero-order chi connectivity index (χ0) is 21.3. The van der Waals surface area contributed by atoms with Crippen LogP contribution in [0.5, 0.6) is 5.75 Å². The fourth-order valence-corrected chi connectivity index (χ4v) is 4.36. The first-order valence-electron chi connectivity index (χ1n) is 9.80. The van der Waals surface area contributed by atoms with Gasteiger partial charge in [0.05, 0.1) is 6.61 Å². The number of hydrogen-bond acceptors (Lipinski definition) is 7. The summed E-state index contributed by atoms with van der Waals surface area (Å²) in [4.78, 5) is 0. The van der Waals surface area contributed by atoms with Crippen molar-refractivity contribution in [2.45, 2.75) is 42.4 Å². The zero-order valence-electron chi connectivity index (χ0n) is 16.5. The summed E-state index contributed by atoms with van der Waals surface area (Å²) in [6.07, 6.45) is -1.82. The van der Waals surface area contributed by atoms with E-state index in [0.717, 1.165) is 23.5 Å². The summed E-state index contributed by atoms with van der Waals surface area (Å²) < 4.78 is 16.7. The lowest BCUT2D eigenvalue weighted by atomic mass is 9.92. The molecule has 0 spiro atoms. The predicted octanol–water partition coefficient (Wildman–Crippen LogP) is 2.55. The second-order valence-electron chi connectivity index (χ2n) is 7.57. The largest absolute Gasteiger partial charge is 0.491 e. The SMILES string of the molecule is CSC1OC(c2ccc(Cl)c(Cc3ccc(OC[C@H]4CO4)cc3)c2)C(O)C(O)C1O. The van der Waals surface area contributed by atoms with Gasteiger partial charge in [0.1, 0.15) is 48.3 Å². The van der Waals surface area contributed by atoms with E-state index < -0.39 is 29.9 Å². The summed E-state index contributed by atoms with van der Waals surface area (Å²) in [5, 5.41) is 31.3. The van der Waals surface area contributed by atoms with Crippen LogP contribution < -0.4 is 4.74 Å². The summed E-state index contributed by atoms with van der Waals surface area (Å²) in [6.45, 7) is 1.33. The molecule has 2 aromatic carbocycles. The molecule has 0 bridgehead atoms. The van der Waals surface area contributed by atoms with Crippen molar-refractivity contribution in [2.24, 2.45) is 0 Å². The molecule has 0 aromatic heterocycles. The molecule has 30 heavy (non-hydrogen) atoms. The molecule has 4 rings (SSSR count). The van der Waals surface area contributed by atoms with E-state index in [1.165, 1.54) is 11.8 Å². The van der Waals surface area contributed by atoms with Crippen molar-refractivity contribution >= 4 is 23.4 Å². The lowest BCUT2D eigenvalue weighted by Gasteiger charge is -2.40. The van der Waals surface area contributed by atoms with Crippen LogP contribution in [0, 0.1) is 0 Å². The van der Waals surface area contributed by atoms with Crippen LogP contribution in [0.15, 0.2) is 42.5 Å². The Kier molecular flexibility index (Phi) is 6.89. The number of ether oxygens (including phenoxy) is 3. The van der Waals surface area contributed by atoms with Gasteiger partial charge >= 0.3 is 0 Å². The van der Waals surface area contributed by atoms with Gasteiger partial charge in [-0.3, -0.25) is 0 Å². The van der Waals surface area contributed by atoms with E-state index in [0.29, 0.717) is 23.6 Å². The highest BCUT2D eigenvalue weighted by molar-refractivity contribution is 7.99. The molecule has 2 heterocycles. The second-order valence-corrected chi connectivity index (χ2v) is 8.91. The van der Waals surface area contributed by atoms with Gasteiger partial charge in [0, 0.05) is 5.02 Å². The van der Waals surface area contributed by atoms with Gasteiger partial charge in [0.25, 0.3) is 0 Å². The molecule has 0 saturated carbocycles. The lowest BCUT2D eigenvalue weighted by Crippen LogP contribution is -2.52. The first kappa shape index (κ1) is 21.9. The molecular formula is C22H25ClO6S. The number of rotatable bonds is 7. The van der Waals surface area contributed by atoms with E-state index in [1.54, 1.807) is 18.4 Å². The van der Waals surface area contributed by atoms with Gasteiger partial charge in [-0.25, -0.2) is 0 Å². The molecule has 5 unspecified atom stereocenters. The van der Waals surface area contributed by atoms with E-state index in [-0.39, 0.29) is 6.10 Å². The van der Waals surface area contributed by atoms with Crippen molar-refractivity contribution in [2.75, 3.05) is 19.5 Å². The van der Waals surface area contributed by atoms with Crippen LogP contribution in [0.1, 0.15) is 22.8 Å². The first-order valence-corrected chi connectivity index (χ1v) is 11.5. The van der Waals surface area contributed by atoms with Crippen molar-refractivity contribution in [1.29, 1.82) is 0 Å². The topological polar surface area (TPSA) is 91.7 Å². The normalized spacial score (nSPS) is 30.8. The van der Waals surface area contributed by atoms with E-state index in [1.807, 2.05) is 30.3 Å². The van der Waals surface area contributed by atoms with Crippen molar-refractivity contribution < 1.29 is 29.5 Å². The van der Waals surface area contributed by atoms with Crippen LogP contribution >= 0.6 is 23.4 Å². The molecule has 2 saturated heterocycles. The standard InChI is InChI=1S/C22H25ClO6S/c1-30-22-20(26)18(24)19(25)21(29-22)13-4-7-17(23)14(9-13)8-12-2-5-15(6-3-12)27-10-16-11-28-16/h2-7,9,16,18-22,24-26H,8,10-11H2,1H3/t16-,18?,19?,20?,21?,22?/m0/s1. The third-order valence-corrected chi connectivity index (χ3v) is 6.58. The van der Waals surface area contributed by atoms with Gasteiger partial charge < -0.3 is 29.5 Å². The quantitative estimate of drug-likeness (QED) is 0.556. The fourth-order valence-electron chi connectivity index (χ4n) is 3.50. The number of benzene rings is 2. The first-order chi connectivity index (χ1) is 14.5. The van der Waals surface area contributed by atoms with Crippen LogP contribution in [0.2, 0.25) is 5.02 Å². The maximum atomic E-state index is 10.4. The Balaban J connectivity index is 1.48. The predicted molar refractivity (Wildman–Crippen MR) is 115 cm³/mol. The maximum Gasteiger partial charge on any atom is 0.132 e. The molecule has 2 aromatic rings. The number of aliphatic hydroxyl groups is 3. The highest BCUT2D eigenvalue weighted by atomic mass is 35.5. The second kappa shape index (κ2) is 9.44. The fraction of sp³-hybridized carbons (Fsp3) is 0.455. The molecule has 2 aliphatic rings. The minimum absolute atomic E-state index is 0.217. The molecule has 2 aliphatic heterocycles. The molecular weight excluding hydrogens is 428 g/mol. The minimum Gasteiger partial charge on any atom is -0.491 e. The lowest BCUT2D eigenvalue weighted by molar-refractivity contribution is -0.200. The number of hydrogen-bond donors (Lipinski definition) is 3. The van der Waals surface area contributed by atoms with Gasteiger partial charge in [0.15, 0.2) is 0 Å². The van der Waals surface area contributed by atoms with Gasteiger partial charge in [0.2, 0.25) is 0 Å². The Morgan fingerprint density at radius 2 is 1.80 bits per heavy atom. The Morgan fingerprint density at radius 3 is 2.47 bits per heavy atom. The van der Waals surface area contributed by atoms with E-state index in [9.17, 15) is 15.3 Å². The number of halogens is 1. The van der Waals surface area contributed by atoms with Crippen LogP contribution in [0.25, 0.3) is 0 Å². The highest BCUT2D eigenvalue weighted by Crippen LogP contribution is 2.37. The van der Waals surface area contributed by atoms with Crippen molar-refractivity contribution in [3.05, 3.63) is 64.2 Å². The number of aliphatic hydroxyl groups excluding tert-OH is 3. The van der Waals surface area contributed by atoms with Gasteiger partial charge in [-0.15, -0.1) is 11.8 Å². The minimum atomic E-state index is -1.28. The smallest absolute Gasteiger partial charge is 0.132 e. The van der Waals surface area contributed by atoms with Crippen LogP contribution in [-0.2, 0) is 15.9 Å². The van der Waals surface area contributed by atoms with Gasteiger partial charge in [-0.2, -0.15) is 0 Å². The summed E-state index contributed by atoms with van der Waals surface area (Å²) in [5.74, 6) is 0.795. The third kappa shape index (κ3) is 4.94. The van der Waals surface area contributed by atoms with Crippen LogP contribution in [-0.4, -0.2) is 64.6 Å². The zero-order valence-corrected chi connectivity index (χ0v) is 18.1. The number of thioether (sulfide) groups is 1. The van der Waals surface area contributed by atoms with Crippen molar-refractivity contribution in [3.63, 3.8) is 0 Å². The molecule has 2 fully saturated rings. The molecule has 6 nitrogen and oxygen atoms in total. The van der Waals surface area contributed by atoms with E-state index in [4.69, 9.17) is 25.8 Å². The molecule has 6 atom stereocenters. The third-order valence-electron chi connectivity index (χ3n) is 5.36. The molecule has 0 aliphatic carbocycles. The van der Waals surface area contributed by atoms with Gasteiger partial charge in [-0.1, -0.05) is 35.9 Å². The maximum absolute atomic E-state index is 10.4.